The molecule has 0 radical (unpaired) electrons. The standard InChI is InChI=1S/C21H34BN5O4.C8H7F3.CH3NO/c1-21(2)16-4-3-12(7-17(16)22(30)31-21)11-26-20(29)18(25)5-6-19(28)27-15-9-13(23)8-14(24)10-15;1-6-2-4-7(5-3-6)8(9,10)11;2-1-3/h3-4,7,13-15,18,30H,5-6,8-11,23-25H2,1-2H3,(H,26,29)(H,27,28);2-5H,1H3;1H,(H2,2,3). The molecule has 0 aromatic heterocycles. The highest BCUT2D eigenvalue weighted by Crippen LogP contribution is 2.30. The van der Waals surface area contributed by atoms with Crippen LogP contribution in [0.5, 0.6) is 0 Å². The van der Waals surface area contributed by atoms with Gasteiger partial charge in [-0.2, -0.15) is 13.2 Å². The second kappa shape index (κ2) is 16.7. The van der Waals surface area contributed by atoms with Crippen LogP contribution in [0.1, 0.15) is 68.2 Å². The van der Waals surface area contributed by atoms with Gasteiger partial charge in [0.05, 0.1) is 17.2 Å². The molecule has 45 heavy (non-hydrogen) atoms. The van der Waals surface area contributed by atoms with Crippen LogP contribution in [-0.4, -0.2) is 54.5 Å². The second-order valence-electron chi connectivity index (χ2n) is 11.8. The molecule has 1 heterocycles. The molecule has 248 valence electrons. The van der Waals surface area contributed by atoms with Crippen molar-refractivity contribution in [1.29, 1.82) is 0 Å². The first-order chi connectivity index (χ1) is 21.0. The third kappa shape index (κ3) is 12.1. The smallest absolute Gasteiger partial charge is 0.423 e. The highest BCUT2D eigenvalue weighted by Gasteiger charge is 2.40. The lowest BCUT2D eigenvalue weighted by molar-refractivity contribution is -0.137. The van der Waals surface area contributed by atoms with Crippen molar-refractivity contribution in [2.75, 3.05) is 0 Å². The fourth-order valence-corrected chi connectivity index (χ4v) is 5.19. The van der Waals surface area contributed by atoms with Crippen LogP contribution in [-0.2, 0) is 37.4 Å². The molecular weight excluding hydrogens is 592 g/mol. The maximum Gasteiger partial charge on any atom is 0.492 e. The summed E-state index contributed by atoms with van der Waals surface area (Å²) in [5.41, 5.74) is 24.2. The quantitative estimate of drug-likeness (QED) is 0.170. The van der Waals surface area contributed by atoms with Crippen molar-refractivity contribution in [3.8, 4) is 0 Å². The third-order valence-corrected chi connectivity index (χ3v) is 7.45. The van der Waals surface area contributed by atoms with E-state index in [1.165, 1.54) is 12.1 Å². The van der Waals surface area contributed by atoms with Crippen molar-refractivity contribution in [3.63, 3.8) is 0 Å². The Morgan fingerprint density at radius 1 is 1.11 bits per heavy atom. The normalized spacial score (nSPS) is 20.8. The zero-order valence-electron chi connectivity index (χ0n) is 25.8. The molecule has 2 aromatic rings. The van der Waals surface area contributed by atoms with Crippen molar-refractivity contribution in [2.24, 2.45) is 22.9 Å². The zero-order chi connectivity index (χ0) is 33.9. The van der Waals surface area contributed by atoms with Gasteiger partial charge in [-0.1, -0.05) is 35.9 Å². The first kappa shape index (κ1) is 37.7. The topological polar surface area (TPSA) is 209 Å². The molecule has 11 nitrogen and oxygen atoms in total. The Kier molecular flexibility index (Phi) is 14.0. The first-order valence-corrected chi connectivity index (χ1v) is 14.6. The van der Waals surface area contributed by atoms with Crippen LogP contribution in [0.15, 0.2) is 42.5 Å². The van der Waals surface area contributed by atoms with Crippen molar-refractivity contribution < 1.29 is 37.2 Å². The van der Waals surface area contributed by atoms with Gasteiger partial charge in [-0.3, -0.25) is 14.4 Å². The number of carbonyl (C=O) groups excluding carboxylic acids is 3. The predicted octanol–water partition coefficient (Wildman–Crippen LogP) is 0.802. The lowest BCUT2D eigenvalue weighted by Crippen LogP contribution is -2.49. The summed E-state index contributed by atoms with van der Waals surface area (Å²) in [6.45, 7) is 5.82. The van der Waals surface area contributed by atoms with E-state index in [2.05, 4.69) is 16.4 Å². The van der Waals surface area contributed by atoms with Gasteiger partial charge in [-0.15, -0.1) is 0 Å². The Hall–Kier alpha value is -3.50. The molecule has 1 saturated carbocycles. The van der Waals surface area contributed by atoms with Gasteiger partial charge >= 0.3 is 13.3 Å². The number of carbonyl (C=O) groups is 3. The molecular formula is C30H44BF3N6O5. The number of hydrogen-bond donors (Lipinski definition) is 7. The van der Waals surface area contributed by atoms with Crippen LogP contribution in [0.3, 0.4) is 0 Å². The Balaban J connectivity index is 0.000000418. The summed E-state index contributed by atoms with van der Waals surface area (Å²) < 4.78 is 41.3. The Bertz CT molecular complexity index is 1270. The summed E-state index contributed by atoms with van der Waals surface area (Å²) in [5, 5.41) is 15.8. The van der Waals surface area contributed by atoms with Crippen LogP contribution in [0, 0.1) is 6.92 Å². The Morgan fingerprint density at radius 2 is 1.69 bits per heavy atom. The van der Waals surface area contributed by atoms with Crippen molar-refractivity contribution in [1.82, 2.24) is 10.6 Å². The number of amides is 3. The third-order valence-electron chi connectivity index (χ3n) is 7.45. The minimum Gasteiger partial charge on any atom is -0.423 e. The second-order valence-corrected chi connectivity index (χ2v) is 11.8. The maximum absolute atomic E-state index is 12.3. The molecule has 1 fully saturated rings. The zero-order valence-corrected chi connectivity index (χ0v) is 25.8. The Labute approximate surface area is 261 Å². The fourth-order valence-electron chi connectivity index (χ4n) is 5.19. The van der Waals surface area contributed by atoms with Gasteiger partial charge in [-0.05, 0) is 75.2 Å². The van der Waals surface area contributed by atoms with Gasteiger partial charge in [0.1, 0.15) is 0 Å². The average molecular weight is 637 g/mol. The van der Waals surface area contributed by atoms with E-state index >= 15 is 0 Å². The number of primary amides is 1. The number of benzene rings is 2. The van der Waals surface area contributed by atoms with E-state index in [0.717, 1.165) is 35.2 Å². The summed E-state index contributed by atoms with van der Waals surface area (Å²) in [7, 11) is -0.977. The summed E-state index contributed by atoms with van der Waals surface area (Å²) >= 11 is 0. The Morgan fingerprint density at radius 3 is 2.24 bits per heavy atom. The van der Waals surface area contributed by atoms with Gasteiger partial charge in [0.15, 0.2) is 0 Å². The first-order valence-electron chi connectivity index (χ1n) is 14.6. The molecule has 0 saturated heterocycles. The molecule has 2 aromatic carbocycles. The molecule has 3 atom stereocenters. The van der Waals surface area contributed by atoms with Crippen molar-refractivity contribution in [3.05, 3.63) is 64.7 Å². The lowest BCUT2D eigenvalue weighted by atomic mass is 9.77. The SMILES string of the molecule is CC1(C)OB(O)c2cc(CNC(=O)C(N)CCC(=O)NC3CC(N)CC(N)C3)ccc21.Cc1ccc(C(F)(F)F)cc1.NC=O. The summed E-state index contributed by atoms with van der Waals surface area (Å²) in [6.07, 6.45) is -1.37. The highest BCUT2D eigenvalue weighted by molar-refractivity contribution is 6.62. The van der Waals surface area contributed by atoms with Crippen LogP contribution in [0.2, 0.25) is 0 Å². The fraction of sp³-hybridized carbons (Fsp3) is 0.500. The number of halogens is 3. The van der Waals surface area contributed by atoms with Gasteiger partial charge in [0, 0.05) is 31.1 Å². The van der Waals surface area contributed by atoms with Crippen LogP contribution >= 0.6 is 0 Å². The minimum absolute atomic E-state index is 0.0000451. The number of aryl methyl sites for hydroxylation is 1. The molecule has 0 bridgehead atoms. The highest BCUT2D eigenvalue weighted by atomic mass is 19.4. The monoisotopic (exact) mass is 636 g/mol. The van der Waals surface area contributed by atoms with E-state index in [4.69, 9.17) is 26.6 Å². The number of hydrogen-bond acceptors (Lipinski definition) is 8. The average Bonchev–Trinajstić information content (AvgIpc) is 3.17. The molecule has 15 heteroatoms. The van der Waals surface area contributed by atoms with Gasteiger partial charge in [0.2, 0.25) is 18.2 Å². The predicted molar refractivity (Wildman–Crippen MR) is 165 cm³/mol. The number of nitrogens with one attached hydrogen (secondary N) is 2. The van der Waals surface area contributed by atoms with Crippen LogP contribution in [0.25, 0.3) is 0 Å². The van der Waals surface area contributed by atoms with E-state index in [1.54, 1.807) is 6.92 Å². The molecule has 2 aliphatic rings. The number of rotatable bonds is 7. The van der Waals surface area contributed by atoms with Gasteiger partial charge < -0.3 is 43.2 Å². The van der Waals surface area contributed by atoms with Gasteiger partial charge in [-0.25, -0.2) is 0 Å². The molecule has 1 aliphatic carbocycles. The van der Waals surface area contributed by atoms with E-state index in [-0.39, 0.29) is 55.7 Å². The van der Waals surface area contributed by atoms with Crippen molar-refractivity contribution >= 4 is 30.8 Å². The summed E-state index contributed by atoms with van der Waals surface area (Å²) in [4.78, 5) is 33.1. The molecule has 4 rings (SSSR count). The summed E-state index contributed by atoms with van der Waals surface area (Å²) in [5.74, 6) is -0.475. The van der Waals surface area contributed by atoms with Crippen LogP contribution < -0.4 is 39.0 Å². The lowest BCUT2D eigenvalue weighted by Gasteiger charge is -2.31. The number of alkyl halides is 3. The number of fused-ring (bicyclic) bond motifs is 1. The van der Waals surface area contributed by atoms with E-state index in [0.29, 0.717) is 18.3 Å². The van der Waals surface area contributed by atoms with E-state index < -0.39 is 30.5 Å². The number of nitrogens with two attached hydrogens (primary N) is 4. The van der Waals surface area contributed by atoms with E-state index in [9.17, 15) is 27.8 Å². The van der Waals surface area contributed by atoms with Crippen molar-refractivity contribution in [2.45, 2.75) is 95.4 Å². The minimum atomic E-state index is -4.21. The van der Waals surface area contributed by atoms with E-state index in [1.807, 2.05) is 32.0 Å². The van der Waals surface area contributed by atoms with Gasteiger partial charge in [0.25, 0.3) is 0 Å². The largest absolute Gasteiger partial charge is 0.492 e. The molecule has 11 N–H and O–H groups in total. The molecule has 1 aliphatic heterocycles. The summed E-state index contributed by atoms with van der Waals surface area (Å²) in [6, 6.07) is 9.86. The molecule has 0 spiro atoms. The maximum atomic E-state index is 12.3. The molecule has 3 unspecified atom stereocenters. The molecule has 3 amide bonds. The van der Waals surface area contributed by atoms with Crippen LogP contribution in [0.4, 0.5) is 13.2 Å².